The van der Waals surface area contributed by atoms with E-state index in [1.54, 1.807) is 17.5 Å². The fraction of sp³-hybridized carbons (Fsp3) is 0.250. The van der Waals surface area contributed by atoms with E-state index in [0.29, 0.717) is 6.54 Å². The maximum absolute atomic E-state index is 5.69. The zero-order valence-electron chi connectivity index (χ0n) is 9.56. The first kappa shape index (κ1) is 12.5. The van der Waals surface area contributed by atoms with Gasteiger partial charge in [0, 0.05) is 34.5 Å². The highest BCUT2D eigenvalue weighted by molar-refractivity contribution is 9.10. The smallest absolute Gasteiger partial charge is 0.0772 e. The molecule has 0 aliphatic heterocycles. The molecule has 0 spiro atoms. The molecular formula is C12H14BrN3S. The van der Waals surface area contributed by atoms with Gasteiger partial charge in [0.2, 0.25) is 0 Å². The van der Waals surface area contributed by atoms with Crippen LogP contribution < -0.4 is 10.6 Å². The van der Waals surface area contributed by atoms with Crippen LogP contribution in [0.5, 0.6) is 0 Å². The van der Waals surface area contributed by atoms with Gasteiger partial charge in [0.15, 0.2) is 0 Å². The maximum Gasteiger partial charge on any atom is 0.0772 e. The van der Waals surface area contributed by atoms with Gasteiger partial charge >= 0.3 is 0 Å². The molecule has 0 aliphatic rings. The second-order valence-electron chi connectivity index (χ2n) is 3.76. The highest BCUT2D eigenvalue weighted by Crippen LogP contribution is 2.24. The van der Waals surface area contributed by atoms with Crippen molar-refractivity contribution in [3.05, 3.63) is 44.8 Å². The monoisotopic (exact) mass is 311 g/mol. The predicted molar refractivity (Wildman–Crippen MR) is 76.3 cm³/mol. The van der Waals surface area contributed by atoms with Crippen molar-refractivity contribution >= 4 is 33.0 Å². The second-order valence-corrected chi connectivity index (χ2v) is 5.67. The number of aromatic nitrogens is 1. The first-order chi connectivity index (χ1) is 8.20. The lowest BCUT2D eigenvalue weighted by Crippen LogP contribution is -2.19. The molecule has 0 bridgehead atoms. The summed E-state index contributed by atoms with van der Waals surface area (Å²) in [6.07, 6.45) is 1.78. The van der Waals surface area contributed by atoms with E-state index in [4.69, 9.17) is 5.73 Å². The Labute approximate surface area is 113 Å². The number of hydrogen-bond donors (Lipinski definition) is 1. The molecule has 0 atom stereocenters. The molecule has 0 saturated carbocycles. The molecule has 0 unspecified atom stereocenters. The van der Waals surface area contributed by atoms with Crippen molar-refractivity contribution in [1.82, 2.24) is 4.98 Å². The van der Waals surface area contributed by atoms with Crippen molar-refractivity contribution in [2.24, 2.45) is 5.73 Å². The average molecular weight is 312 g/mol. The van der Waals surface area contributed by atoms with Gasteiger partial charge < -0.3 is 10.6 Å². The van der Waals surface area contributed by atoms with Crippen molar-refractivity contribution < 1.29 is 0 Å². The summed E-state index contributed by atoms with van der Waals surface area (Å²) in [4.78, 5) is 7.78. The summed E-state index contributed by atoms with van der Waals surface area (Å²) in [6.45, 7) is 1.34. The molecule has 0 amide bonds. The van der Waals surface area contributed by atoms with Crippen LogP contribution in [-0.2, 0) is 13.1 Å². The minimum atomic E-state index is 0.467. The van der Waals surface area contributed by atoms with Crippen molar-refractivity contribution in [2.45, 2.75) is 13.1 Å². The summed E-state index contributed by atoms with van der Waals surface area (Å²) in [7, 11) is 2.06. The number of hydrogen-bond acceptors (Lipinski definition) is 4. The number of pyridine rings is 1. The van der Waals surface area contributed by atoms with Gasteiger partial charge in [-0.05, 0) is 34.1 Å². The fourth-order valence-electron chi connectivity index (χ4n) is 1.69. The predicted octanol–water partition coefficient (Wildman–Crippen LogP) is 3.00. The van der Waals surface area contributed by atoms with E-state index in [9.17, 15) is 0 Å². The Morgan fingerprint density at radius 1 is 1.53 bits per heavy atom. The van der Waals surface area contributed by atoms with Crippen LogP contribution in [0.2, 0.25) is 0 Å². The topological polar surface area (TPSA) is 42.2 Å². The number of rotatable bonds is 4. The first-order valence-electron chi connectivity index (χ1n) is 5.28. The molecule has 0 saturated heterocycles. The zero-order chi connectivity index (χ0) is 12.3. The van der Waals surface area contributed by atoms with Gasteiger partial charge in [-0.3, -0.25) is 4.98 Å². The number of nitrogens with zero attached hydrogens (tertiary/aromatic N) is 2. The molecule has 2 rings (SSSR count). The van der Waals surface area contributed by atoms with Gasteiger partial charge in [-0.1, -0.05) is 0 Å². The summed E-state index contributed by atoms with van der Waals surface area (Å²) in [5.41, 5.74) is 7.72. The molecule has 2 aromatic heterocycles. The lowest BCUT2D eigenvalue weighted by molar-refractivity contribution is 0.894. The quantitative estimate of drug-likeness (QED) is 0.944. The lowest BCUT2D eigenvalue weighted by atomic mass is 10.2. The largest absolute Gasteiger partial charge is 0.368 e. The van der Waals surface area contributed by atoms with Crippen molar-refractivity contribution in [3.8, 4) is 0 Å². The molecule has 17 heavy (non-hydrogen) atoms. The number of halogens is 1. The number of nitrogens with two attached hydrogens (primary N) is 1. The third-order valence-electron chi connectivity index (χ3n) is 2.49. The molecule has 5 heteroatoms. The summed E-state index contributed by atoms with van der Waals surface area (Å²) < 4.78 is 1.14. The molecular weight excluding hydrogens is 298 g/mol. The maximum atomic E-state index is 5.69. The first-order valence-corrected chi connectivity index (χ1v) is 6.96. The van der Waals surface area contributed by atoms with E-state index < -0.39 is 0 Å². The molecule has 0 aliphatic carbocycles. The molecule has 3 nitrogen and oxygen atoms in total. The highest BCUT2D eigenvalue weighted by Gasteiger charge is 2.08. The van der Waals surface area contributed by atoms with Gasteiger partial charge in [-0.15, -0.1) is 11.3 Å². The van der Waals surface area contributed by atoms with E-state index in [1.807, 2.05) is 6.07 Å². The van der Waals surface area contributed by atoms with Crippen LogP contribution in [0.25, 0.3) is 0 Å². The number of thiophene rings is 1. The standard InChI is InChI=1S/C12H14BrN3S/c1-16(7-10-5-9(13)8-17-10)12-3-2-4-15-11(12)6-14/h2-5,8H,6-7,14H2,1H3. The molecule has 0 aromatic carbocycles. The normalized spacial score (nSPS) is 10.5. The van der Waals surface area contributed by atoms with Crippen LogP contribution in [0.3, 0.4) is 0 Å². The minimum Gasteiger partial charge on any atom is -0.368 e. The summed E-state index contributed by atoms with van der Waals surface area (Å²) in [6, 6.07) is 6.13. The van der Waals surface area contributed by atoms with Gasteiger partial charge in [0.1, 0.15) is 0 Å². The van der Waals surface area contributed by atoms with Gasteiger partial charge in [-0.25, -0.2) is 0 Å². The second kappa shape index (κ2) is 5.62. The lowest BCUT2D eigenvalue weighted by Gasteiger charge is -2.20. The van der Waals surface area contributed by atoms with Crippen LogP contribution in [0, 0.1) is 0 Å². The van der Waals surface area contributed by atoms with E-state index >= 15 is 0 Å². The molecule has 2 aromatic rings. The highest BCUT2D eigenvalue weighted by atomic mass is 79.9. The van der Waals surface area contributed by atoms with E-state index in [2.05, 4.69) is 50.4 Å². The SMILES string of the molecule is CN(Cc1cc(Br)cs1)c1cccnc1CN. The van der Waals surface area contributed by atoms with Gasteiger partial charge in [0.25, 0.3) is 0 Å². The molecule has 0 radical (unpaired) electrons. The Bertz CT molecular complexity index is 498. The number of anilines is 1. The molecule has 2 N–H and O–H groups in total. The summed E-state index contributed by atoms with van der Waals surface area (Å²) >= 11 is 5.21. The Hall–Kier alpha value is -0.910. The van der Waals surface area contributed by atoms with E-state index in [0.717, 1.165) is 22.4 Å². The molecule has 2 heterocycles. The average Bonchev–Trinajstić information content (AvgIpc) is 2.74. The third kappa shape index (κ3) is 3.06. The summed E-state index contributed by atoms with van der Waals surface area (Å²) in [5.74, 6) is 0. The van der Waals surface area contributed by atoms with Crippen LogP contribution in [0.1, 0.15) is 10.6 Å². The Balaban J connectivity index is 2.16. The van der Waals surface area contributed by atoms with E-state index in [-0.39, 0.29) is 0 Å². The van der Waals surface area contributed by atoms with Crippen molar-refractivity contribution in [3.63, 3.8) is 0 Å². The third-order valence-corrected chi connectivity index (χ3v) is 4.17. The van der Waals surface area contributed by atoms with Crippen molar-refractivity contribution in [1.29, 1.82) is 0 Å². The Kier molecular flexibility index (Phi) is 4.15. The van der Waals surface area contributed by atoms with Crippen LogP contribution in [0.4, 0.5) is 5.69 Å². The van der Waals surface area contributed by atoms with Crippen LogP contribution in [-0.4, -0.2) is 12.0 Å². The Morgan fingerprint density at radius 2 is 2.35 bits per heavy atom. The van der Waals surface area contributed by atoms with Crippen LogP contribution in [0.15, 0.2) is 34.2 Å². The molecule has 90 valence electrons. The van der Waals surface area contributed by atoms with Crippen LogP contribution >= 0.6 is 27.3 Å². The molecule has 0 fully saturated rings. The Morgan fingerprint density at radius 3 is 3.00 bits per heavy atom. The minimum absolute atomic E-state index is 0.467. The zero-order valence-corrected chi connectivity index (χ0v) is 12.0. The van der Waals surface area contributed by atoms with Gasteiger partial charge in [-0.2, -0.15) is 0 Å². The van der Waals surface area contributed by atoms with E-state index in [1.165, 1.54) is 4.88 Å². The summed E-state index contributed by atoms with van der Waals surface area (Å²) in [5, 5.41) is 2.09. The fourth-order valence-corrected chi connectivity index (χ4v) is 3.19. The van der Waals surface area contributed by atoms with Gasteiger partial charge in [0.05, 0.1) is 17.9 Å². The van der Waals surface area contributed by atoms with Crippen molar-refractivity contribution in [2.75, 3.05) is 11.9 Å².